The SMILES string of the molecule is Cc1ccc(N2C(=O)CCN(c3ccccc3)C2=O)cc1. The average molecular weight is 280 g/mol. The van der Waals surface area contributed by atoms with E-state index in [0.717, 1.165) is 11.3 Å². The van der Waals surface area contributed by atoms with E-state index in [1.807, 2.05) is 49.4 Å². The summed E-state index contributed by atoms with van der Waals surface area (Å²) in [6, 6.07) is 16.5. The number of carbonyl (C=O) groups is 2. The number of urea groups is 1. The molecule has 0 N–H and O–H groups in total. The van der Waals surface area contributed by atoms with Crippen LogP contribution in [0.5, 0.6) is 0 Å². The van der Waals surface area contributed by atoms with E-state index in [4.69, 9.17) is 0 Å². The highest BCUT2D eigenvalue weighted by Crippen LogP contribution is 2.25. The molecule has 1 aliphatic rings. The fourth-order valence-corrected chi connectivity index (χ4v) is 2.44. The number of carbonyl (C=O) groups excluding carboxylic acids is 2. The van der Waals surface area contributed by atoms with Gasteiger partial charge in [-0.1, -0.05) is 35.9 Å². The minimum atomic E-state index is -0.290. The van der Waals surface area contributed by atoms with Gasteiger partial charge in [-0.3, -0.25) is 9.69 Å². The Kier molecular flexibility index (Phi) is 3.44. The lowest BCUT2D eigenvalue weighted by molar-refractivity contribution is -0.118. The van der Waals surface area contributed by atoms with Crippen LogP contribution >= 0.6 is 0 Å². The summed E-state index contributed by atoms with van der Waals surface area (Å²) in [4.78, 5) is 27.7. The van der Waals surface area contributed by atoms with E-state index in [2.05, 4.69) is 0 Å². The lowest BCUT2D eigenvalue weighted by atomic mass is 10.1. The summed E-state index contributed by atoms with van der Waals surface area (Å²) in [5.41, 5.74) is 2.53. The van der Waals surface area contributed by atoms with Gasteiger partial charge in [-0.05, 0) is 31.2 Å². The van der Waals surface area contributed by atoms with E-state index in [-0.39, 0.29) is 11.9 Å². The third-order valence-corrected chi connectivity index (χ3v) is 3.58. The predicted molar refractivity (Wildman–Crippen MR) is 82.5 cm³/mol. The number of amides is 3. The molecule has 21 heavy (non-hydrogen) atoms. The van der Waals surface area contributed by atoms with Gasteiger partial charge in [0.15, 0.2) is 0 Å². The molecule has 4 nitrogen and oxygen atoms in total. The largest absolute Gasteiger partial charge is 0.335 e. The first-order valence-corrected chi connectivity index (χ1v) is 6.93. The number of imide groups is 1. The molecule has 4 heteroatoms. The summed E-state index contributed by atoms with van der Waals surface area (Å²) in [6.45, 7) is 2.39. The maximum Gasteiger partial charge on any atom is 0.335 e. The normalized spacial score (nSPS) is 15.5. The Morgan fingerprint density at radius 2 is 1.52 bits per heavy atom. The van der Waals surface area contributed by atoms with Crippen LogP contribution in [-0.2, 0) is 4.79 Å². The van der Waals surface area contributed by atoms with Gasteiger partial charge in [0.2, 0.25) is 5.91 Å². The fourth-order valence-electron chi connectivity index (χ4n) is 2.44. The molecule has 0 spiro atoms. The number of anilines is 2. The van der Waals surface area contributed by atoms with E-state index in [9.17, 15) is 9.59 Å². The lowest BCUT2D eigenvalue weighted by Crippen LogP contribution is -2.52. The van der Waals surface area contributed by atoms with Crippen molar-refractivity contribution < 1.29 is 9.59 Å². The standard InChI is InChI=1S/C17H16N2O2/c1-13-7-9-15(10-8-13)19-16(20)11-12-18(17(19)21)14-5-3-2-4-6-14/h2-10H,11-12H2,1H3. The second-order valence-corrected chi connectivity index (χ2v) is 5.08. The topological polar surface area (TPSA) is 40.6 Å². The van der Waals surface area contributed by atoms with E-state index in [1.165, 1.54) is 4.90 Å². The molecule has 106 valence electrons. The molecule has 0 radical (unpaired) electrons. The number of para-hydroxylation sites is 1. The molecule has 1 saturated heterocycles. The van der Waals surface area contributed by atoms with Gasteiger partial charge in [0.1, 0.15) is 0 Å². The summed E-state index contributed by atoms with van der Waals surface area (Å²) in [7, 11) is 0. The Morgan fingerprint density at radius 1 is 0.857 bits per heavy atom. The zero-order chi connectivity index (χ0) is 14.8. The number of hydrogen-bond acceptors (Lipinski definition) is 2. The van der Waals surface area contributed by atoms with E-state index >= 15 is 0 Å². The van der Waals surface area contributed by atoms with Crippen LogP contribution in [0.4, 0.5) is 16.2 Å². The average Bonchev–Trinajstić information content (AvgIpc) is 2.50. The Balaban J connectivity index is 1.94. The number of benzene rings is 2. The van der Waals surface area contributed by atoms with Crippen molar-refractivity contribution in [3.8, 4) is 0 Å². The highest BCUT2D eigenvalue weighted by atomic mass is 16.2. The number of nitrogens with zero attached hydrogens (tertiary/aromatic N) is 2. The van der Waals surface area contributed by atoms with E-state index < -0.39 is 0 Å². The lowest BCUT2D eigenvalue weighted by Gasteiger charge is -2.34. The Morgan fingerprint density at radius 3 is 2.19 bits per heavy atom. The van der Waals surface area contributed by atoms with Gasteiger partial charge >= 0.3 is 6.03 Å². The van der Waals surface area contributed by atoms with Gasteiger partial charge in [0, 0.05) is 18.7 Å². The third-order valence-electron chi connectivity index (χ3n) is 3.58. The van der Waals surface area contributed by atoms with Crippen LogP contribution < -0.4 is 9.80 Å². The Labute approximate surface area is 123 Å². The van der Waals surface area contributed by atoms with Crippen molar-refractivity contribution in [3.05, 3.63) is 60.2 Å². The molecule has 1 heterocycles. The molecule has 2 aromatic carbocycles. The monoisotopic (exact) mass is 280 g/mol. The van der Waals surface area contributed by atoms with Crippen molar-refractivity contribution in [1.82, 2.24) is 0 Å². The third kappa shape index (κ3) is 2.52. The molecule has 0 aliphatic carbocycles. The highest BCUT2D eigenvalue weighted by Gasteiger charge is 2.33. The molecule has 0 aromatic heterocycles. The minimum Gasteiger partial charge on any atom is -0.293 e. The van der Waals surface area contributed by atoms with Crippen LogP contribution in [0.25, 0.3) is 0 Å². The van der Waals surface area contributed by atoms with Crippen molar-refractivity contribution in [2.24, 2.45) is 0 Å². The number of aryl methyl sites for hydroxylation is 1. The van der Waals surface area contributed by atoms with Crippen molar-refractivity contribution in [3.63, 3.8) is 0 Å². The van der Waals surface area contributed by atoms with Gasteiger partial charge in [-0.25, -0.2) is 9.69 Å². The minimum absolute atomic E-state index is 0.156. The van der Waals surface area contributed by atoms with E-state index in [1.54, 1.807) is 17.0 Å². The van der Waals surface area contributed by atoms with Gasteiger partial charge < -0.3 is 0 Å². The van der Waals surface area contributed by atoms with Crippen LogP contribution in [0.15, 0.2) is 54.6 Å². The summed E-state index contributed by atoms with van der Waals surface area (Å²) < 4.78 is 0. The molecule has 3 rings (SSSR count). The van der Waals surface area contributed by atoms with Gasteiger partial charge in [0.05, 0.1) is 5.69 Å². The van der Waals surface area contributed by atoms with Crippen LogP contribution in [0, 0.1) is 6.92 Å². The van der Waals surface area contributed by atoms with Crippen LogP contribution in [0.1, 0.15) is 12.0 Å². The summed E-state index contributed by atoms with van der Waals surface area (Å²) in [5, 5.41) is 0. The summed E-state index contributed by atoms with van der Waals surface area (Å²) in [5.74, 6) is -0.156. The maximum atomic E-state index is 12.7. The van der Waals surface area contributed by atoms with Crippen molar-refractivity contribution >= 4 is 23.3 Å². The van der Waals surface area contributed by atoms with Crippen molar-refractivity contribution in [2.45, 2.75) is 13.3 Å². The number of rotatable bonds is 2. The number of hydrogen-bond donors (Lipinski definition) is 0. The second kappa shape index (κ2) is 5.40. The van der Waals surface area contributed by atoms with E-state index in [0.29, 0.717) is 18.7 Å². The first-order valence-electron chi connectivity index (χ1n) is 6.93. The first-order chi connectivity index (χ1) is 10.2. The van der Waals surface area contributed by atoms with Crippen LogP contribution in [0.3, 0.4) is 0 Å². The molecule has 1 fully saturated rings. The summed E-state index contributed by atoms with van der Waals surface area (Å²) in [6.07, 6.45) is 0.328. The van der Waals surface area contributed by atoms with Crippen LogP contribution in [0.2, 0.25) is 0 Å². The molecule has 0 atom stereocenters. The molecule has 0 unspecified atom stereocenters. The van der Waals surface area contributed by atoms with Crippen molar-refractivity contribution in [2.75, 3.05) is 16.3 Å². The molecule has 1 aliphatic heterocycles. The summed E-state index contributed by atoms with van der Waals surface area (Å²) >= 11 is 0. The highest BCUT2D eigenvalue weighted by molar-refractivity contribution is 6.21. The smallest absolute Gasteiger partial charge is 0.293 e. The molecule has 0 saturated carbocycles. The zero-order valence-corrected chi connectivity index (χ0v) is 11.8. The predicted octanol–water partition coefficient (Wildman–Crippen LogP) is 3.36. The maximum absolute atomic E-state index is 12.7. The Hall–Kier alpha value is -2.62. The quantitative estimate of drug-likeness (QED) is 0.846. The zero-order valence-electron chi connectivity index (χ0n) is 11.8. The Bertz CT molecular complexity index is 665. The van der Waals surface area contributed by atoms with Crippen LogP contribution in [-0.4, -0.2) is 18.5 Å². The van der Waals surface area contributed by atoms with Gasteiger partial charge in [-0.2, -0.15) is 0 Å². The molecular weight excluding hydrogens is 264 g/mol. The molecule has 2 aromatic rings. The van der Waals surface area contributed by atoms with Gasteiger partial charge in [-0.15, -0.1) is 0 Å². The molecule has 0 bridgehead atoms. The first kappa shape index (κ1) is 13.4. The molecular formula is C17H16N2O2. The van der Waals surface area contributed by atoms with Gasteiger partial charge in [0.25, 0.3) is 0 Å². The second-order valence-electron chi connectivity index (χ2n) is 5.08. The van der Waals surface area contributed by atoms with Crippen molar-refractivity contribution in [1.29, 1.82) is 0 Å². The fraction of sp³-hybridized carbons (Fsp3) is 0.176. The molecule has 3 amide bonds.